The van der Waals surface area contributed by atoms with Crippen LogP contribution in [0.1, 0.15) is 53.4 Å². The number of nitrogens with one attached hydrogen (secondary N) is 1. The minimum Gasteiger partial charge on any atom is -0.389 e. The monoisotopic (exact) mass is 297 g/mol. The Morgan fingerprint density at radius 1 is 1.38 bits per heavy atom. The summed E-state index contributed by atoms with van der Waals surface area (Å²) in [6, 6.07) is 0. The maximum atomic E-state index is 10.7. The van der Waals surface area contributed by atoms with Crippen LogP contribution in [-0.4, -0.2) is 35.9 Å². The van der Waals surface area contributed by atoms with Gasteiger partial charge in [-0.2, -0.15) is 0 Å². The summed E-state index contributed by atoms with van der Waals surface area (Å²) >= 11 is 0. The Labute approximate surface area is 129 Å². The third kappa shape index (κ3) is 4.82. The molecule has 4 nitrogen and oxygen atoms in total. The van der Waals surface area contributed by atoms with Crippen molar-refractivity contribution in [3.8, 4) is 0 Å². The van der Waals surface area contributed by atoms with Crippen LogP contribution >= 0.6 is 0 Å². The molecule has 122 valence electrons. The van der Waals surface area contributed by atoms with Crippen LogP contribution in [-0.2, 0) is 9.53 Å². The number of hydrogen-bond acceptors (Lipinski definition) is 3. The van der Waals surface area contributed by atoms with Crippen molar-refractivity contribution in [1.82, 2.24) is 5.32 Å². The number of carbonyl (C=O) groups is 1. The number of hydrogen-bond donors (Lipinski definition) is 2. The third-order valence-corrected chi connectivity index (χ3v) is 5.05. The summed E-state index contributed by atoms with van der Waals surface area (Å²) in [6.45, 7) is 8.17. The predicted molar refractivity (Wildman–Crippen MR) is 85.0 cm³/mol. The van der Waals surface area contributed by atoms with Gasteiger partial charge in [0.2, 0.25) is 6.41 Å². The molecule has 0 aromatic heterocycles. The molecule has 1 fully saturated rings. The topological polar surface area (TPSA) is 58.6 Å². The molecule has 1 aliphatic carbocycles. The zero-order valence-electron chi connectivity index (χ0n) is 14.1. The van der Waals surface area contributed by atoms with Gasteiger partial charge in [0.15, 0.2) is 0 Å². The van der Waals surface area contributed by atoms with Crippen LogP contribution in [0.15, 0.2) is 12.2 Å². The molecule has 2 atom stereocenters. The van der Waals surface area contributed by atoms with E-state index < -0.39 is 6.10 Å². The van der Waals surface area contributed by atoms with Gasteiger partial charge in [-0.1, -0.05) is 26.0 Å². The molecule has 0 radical (unpaired) electrons. The van der Waals surface area contributed by atoms with Crippen LogP contribution in [0.3, 0.4) is 0 Å². The lowest BCUT2D eigenvalue weighted by Crippen LogP contribution is -2.48. The Bertz CT molecular complexity index is 359. The van der Waals surface area contributed by atoms with Gasteiger partial charge in [-0.15, -0.1) is 0 Å². The largest absolute Gasteiger partial charge is 0.389 e. The highest BCUT2D eigenvalue weighted by Gasteiger charge is 2.39. The van der Waals surface area contributed by atoms with Gasteiger partial charge in [-0.25, -0.2) is 0 Å². The van der Waals surface area contributed by atoms with Gasteiger partial charge in [0.05, 0.1) is 11.7 Å². The van der Waals surface area contributed by atoms with E-state index in [2.05, 4.69) is 19.2 Å². The second-order valence-electron chi connectivity index (χ2n) is 7.08. The van der Waals surface area contributed by atoms with Crippen molar-refractivity contribution < 1.29 is 14.6 Å². The molecule has 0 aromatic carbocycles. The van der Waals surface area contributed by atoms with E-state index in [1.54, 1.807) is 7.11 Å². The SMILES string of the molecule is CO[C@@](C)(/C=C/[C@H](O)C(C)C)C1CCC(C)(NC=O)CC1. The standard InChI is InChI=1S/C17H31NO3/c1-13(2)15(20)8-11-17(4,21-5)14-6-9-16(3,10-7-14)18-12-19/h8,11-15,20H,6-7,9-10H2,1-5H3,(H,18,19)/b11-8+/t14?,15-,16?,17-/m0/s1. The number of carbonyl (C=O) groups excluding carboxylic acids is 1. The molecular weight excluding hydrogens is 266 g/mol. The highest BCUT2D eigenvalue weighted by Crippen LogP contribution is 2.39. The molecule has 21 heavy (non-hydrogen) atoms. The van der Waals surface area contributed by atoms with E-state index in [1.807, 2.05) is 26.0 Å². The number of aliphatic hydroxyl groups excluding tert-OH is 1. The van der Waals surface area contributed by atoms with E-state index in [0.29, 0.717) is 5.92 Å². The predicted octanol–water partition coefficient (Wildman–Crippen LogP) is 2.66. The first-order valence-corrected chi connectivity index (χ1v) is 7.90. The lowest BCUT2D eigenvalue weighted by Gasteiger charge is -2.43. The minimum atomic E-state index is -0.440. The van der Waals surface area contributed by atoms with Crippen LogP contribution in [0.25, 0.3) is 0 Å². The second-order valence-corrected chi connectivity index (χ2v) is 7.08. The number of amides is 1. The van der Waals surface area contributed by atoms with Gasteiger partial charge >= 0.3 is 0 Å². The number of rotatable bonds is 7. The first-order valence-electron chi connectivity index (χ1n) is 7.90. The van der Waals surface area contributed by atoms with Crippen LogP contribution < -0.4 is 5.32 Å². The average Bonchev–Trinajstić information content (AvgIpc) is 2.45. The van der Waals surface area contributed by atoms with Gasteiger partial charge in [-0.3, -0.25) is 4.79 Å². The quantitative estimate of drug-likeness (QED) is 0.561. The highest BCUT2D eigenvalue weighted by molar-refractivity contribution is 5.47. The van der Waals surface area contributed by atoms with Gasteiger partial charge < -0.3 is 15.2 Å². The van der Waals surface area contributed by atoms with Crippen molar-refractivity contribution in [1.29, 1.82) is 0 Å². The van der Waals surface area contributed by atoms with Crippen LogP contribution in [0, 0.1) is 11.8 Å². The summed E-state index contributed by atoms with van der Waals surface area (Å²) in [7, 11) is 1.73. The maximum absolute atomic E-state index is 10.7. The van der Waals surface area contributed by atoms with E-state index in [1.165, 1.54) is 0 Å². The van der Waals surface area contributed by atoms with E-state index >= 15 is 0 Å². The molecule has 4 heteroatoms. The molecule has 2 N–H and O–H groups in total. The van der Waals surface area contributed by atoms with Crippen LogP contribution in [0.4, 0.5) is 0 Å². The minimum absolute atomic E-state index is 0.0892. The molecule has 0 aromatic rings. The molecule has 0 saturated heterocycles. The number of ether oxygens (including phenoxy) is 1. The Hall–Kier alpha value is -0.870. The van der Waals surface area contributed by atoms with Gasteiger partial charge in [-0.05, 0) is 51.4 Å². The van der Waals surface area contributed by atoms with Crippen molar-refractivity contribution in [2.24, 2.45) is 11.8 Å². The maximum Gasteiger partial charge on any atom is 0.207 e. The highest BCUT2D eigenvalue weighted by atomic mass is 16.5. The summed E-state index contributed by atoms with van der Waals surface area (Å²) in [5.41, 5.74) is -0.452. The Balaban J connectivity index is 2.71. The fraction of sp³-hybridized carbons (Fsp3) is 0.824. The first-order chi connectivity index (χ1) is 9.76. The molecule has 1 amide bonds. The van der Waals surface area contributed by atoms with E-state index in [9.17, 15) is 9.90 Å². The molecule has 0 spiro atoms. The molecule has 0 bridgehead atoms. The van der Waals surface area contributed by atoms with Crippen molar-refractivity contribution >= 4 is 6.41 Å². The Kier molecular flexibility index (Phi) is 6.41. The number of aliphatic hydroxyl groups is 1. The molecule has 1 aliphatic rings. The lowest BCUT2D eigenvalue weighted by atomic mass is 9.71. The average molecular weight is 297 g/mol. The van der Waals surface area contributed by atoms with Crippen LogP contribution in [0.5, 0.6) is 0 Å². The lowest BCUT2D eigenvalue weighted by molar-refractivity contribution is -0.111. The fourth-order valence-corrected chi connectivity index (χ4v) is 3.00. The van der Waals surface area contributed by atoms with Crippen molar-refractivity contribution in [2.45, 2.75) is 70.6 Å². The van der Waals surface area contributed by atoms with Crippen molar-refractivity contribution in [3.05, 3.63) is 12.2 Å². The first kappa shape index (κ1) is 18.2. The molecule has 1 saturated carbocycles. The normalized spacial score (nSPS) is 31.1. The smallest absolute Gasteiger partial charge is 0.207 e. The van der Waals surface area contributed by atoms with Gasteiger partial charge in [0.1, 0.15) is 0 Å². The fourth-order valence-electron chi connectivity index (χ4n) is 3.00. The number of methoxy groups -OCH3 is 1. The van der Waals surface area contributed by atoms with Gasteiger partial charge in [0, 0.05) is 12.6 Å². The second kappa shape index (κ2) is 7.41. The molecule has 0 heterocycles. The van der Waals surface area contributed by atoms with E-state index in [4.69, 9.17) is 4.74 Å². The Morgan fingerprint density at radius 3 is 2.38 bits per heavy atom. The van der Waals surface area contributed by atoms with Gasteiger partial charge in [0.25, 0.3) is 0 Å². The molecule has 1 rings (SSSR count). The Morgan fingerprint density at radius 2 is 1.95 bits per heavy atom. The molecule has 0 aliphatic heterocycles. The van der Waals surface area contributed by atoms with E-state index in [0.717, 1.165) is 32.1 Å². The summed E-state index contributed by atoms with van der Waals surface area (Å²) in [4.78, 5) is 10.7. The molecule has 0 unspecified atom stereocenters. The van der Waals surface area contributed by atoms with Crippen molar-refractivity contribution in [3.63, 3.8) is 0 Å². The summed E-state index contributed by atoms with van der Waals surface area (Å²) in [6.07, 6.45) is 8.14. The molecular formula is C17H31NO3. The van der Waals surface area contributed by atoms with Crippen LogP contribution in [0.2, 0.25) is 0 Å². The summed E-state index contributed by atoms with van der Waals surface area (Å²) in [5.74, 6) is 0.605. The summed E-state index contributed by atoms with van der Waals surface area (Å²) in [5, 5.41) is 12.9. The zero-order chi connectivity index (χ0) is 16.1. The third-order valence-electron chi connectivity index (χ3n) is 5.05. The van der Waals surface area contributed by atoms with Crippen molar-refractivity contribution in [2.75, 3.05) is 7.11 Å². The van der Waals surface area contributed by atoms with E-state index in [-0.39, 0.29) is 17.1 Å². The summed E-state index contributed by atoms with van der Waals surface area (Å²) < 4.78 is 5.75. The zero-order valence-corrected chi connectivity index (χ0v) is 14.1.